The Labute approximate surface area is 181 Å². The van der Waals surface area contributed by atoms with Gasteiger partial charge < -0.3 is 16.0 Å². The first-order valence-corrected chi connectivity index (χ1v) is 11.9. The van der Waals surface area contributed by atoms with Gasteiger partial charge >= 0.3 is 6.03 Å². The molecule has 0 aromatic heterocycles. The van der Waals surface area contributed by atoms with Crippen LogP contribution in [0.5, 0.6) is 0 Å². The number of hydrogen-bond acceptors (Lipinski definition) is 4. The fourth-order valence-electron chi connectivity index (χ4n) is 5.35. The van der Waals surface area contributed by atoms with E-state index in [0.29, 0.717) is 30.1 Å². The molecule has 1 aliphatic carbocycles. The molecule has 2 aliphatic heterocycles. The molecular formula is C24H40N4O2. The van der Waals surface area contributed by atoms with Crippen LogP contribution >= 0.6 is 0 Å². The molecule has 1 atom stereocenters. The Hall–Kier alpha value is -1.85. The van der Waals surface area contributed by atoms with Gasteiger partial charge in [0.05, 0.1) is 0 Å². The van der Waals surface area contributed by atoms with Crippen molar-refractivity contribution in [1.29, 1.82) is 0 Å². The molecule has 6 nitrogen and oxygen atoms in total. The minimum absolute atomic E-state index is 0.102. The van der Waals surface area contributed by atoms with Crippen LogP contribution in [0.25, 0.3) is 0 Å². The van der Waals surface area contributed by atoms with Crippen LogP contribution in [0, 0.1) is 11.8 Å². The molecule has 3 N–H and O–H groups in total. The number of aliphatic imine (C=N–C) groups is 1. The molecule has 0 aromatic rings. The number of hydrogen-bond donors (Lipinski definition) is 2. The molecule has 3 aliphatic rings. The maximum atomic E-state index is 12.9. The molecule has 1 saturated carbocycles. The number of carbonyl (C=O) groups is 2. The van der Waals surface area contributed by atoms with Crippen LogP contribution in [0.3, 0.4) is 0 Å². The van der Waals surface area contributed by atoms with Gasteiger partial charge in [-0.2, -0.15) is 0 Å². The lowest BCUT2D eigenvalue weighted by atomic mass is 9.83. The number of likely N-dealkylation sites (tertiary alicyclic amines) is 1. The zero-order valence-corrected chi connectivity index (χ0v) is 19.1. The van der Waals surface area contributed by atoms with Crippen molar-refractivity contribution in [3.05, 3.63) is 11.6 Å². The number of amidine groups is 1. The van der Waals surface area contributed by atoms with E-state index in [2.05, 4.69) is 24.2 Å². The van der Waals surface area contributed by atoms with E-state index in [4.69, 9.17) is 5.73 Å². The zero-order valence-electron chi connectivity index (χ0n) is 19.1. The highest BCUT2D eigenvalue weighted by Crippen LogP contribution is 2.32. The Morgan fingerprint density at radius 3 is 2.53 bits per heavy atom. The van der Waals surface area contributed by atoms with Crippen molar-refractivity contribution in [2.45, 2.75) is 96.6 Å². The molecule has 0 spiro atoms. The molecule has 0 aromatic carbocycles. The molecular weight excluding hydrogens is 376 g/mol. The van der Waals surface area contributed by atoms with Gasteiger partial charge in [0.15, 0.2) is 5.78 Å². The number of piperidine rings is 1. The Balaban J connectivity index is 1.49. The third-order valence-corrected chi connectivity index (χ3v) is 6.91. The van der Waals surface area contributed by atoms with E-state index in [1.165, 1.54) is 19.3 Å². The monoisotopic (exact) mass is 416 g/mol. The average Bonchev–Trinajstić information content (AvgIpc) is 2.77. The number of allylic oxidation sites excluding steroid dienone is 1. The summed E-state index contributed by atoms with van der Waals surface area (Å²) < 4.78 is 0. The smallest absolute Gasteiger partial charge is 0.317 e. The minimum atomic E-state index is -0.711. The molecule has 1 saturated heterocycles. The lowest BCUT2D eigenvalue weighted by molar-refractivity contribution is -0.123. The number of urea groups is 1. The van der Waals surface area contributed by atoms with Gasteiger partial charge in [0.2, 0.25) is 0 Å². The second-order valence-electron chi connectivity index (χ2n) is 10.2. The van der Waals surface area contributed by atoms with Crippen molar-refractivity contribution in [1.82, 2.24) is 10.2 Å². The summed E-state index contributed by atoms with van der Waals surface area (Å²) in [7, 11) is 0. The van der Waals surface area contributed by atoms with Gasteiger partial charge in [0, 0.05) is 25.6 Å². The highest BCUT2D eigenvalue weighted by atomic mass is 16.2. The van der Waals surface area contributed by atoms with Crippen molar-refractivity contribution in [2.75, 3.05) is 13.1 Å². The first-order valence-electron chi connectivity index (χ1n) is 11.9. The summed E-state index contributed by atoms with van der Waals surface area (Å²) in [5.74, 6) is 1.53. The summed E-state index contributed by atoms with van der Waals surface area (Å²) in [6, 6.07) is 0.457. The van der Waals surface area contributed by atoms with Crippen LogP contribution < -0.4 is 11.1 Å². The van der Waals surface area contributed by atoms with Gasteiger partial charge in [0.1, 0.15) is 11.4 Å². The molecule has 30 heavy (non-hydrogen) atoms. The van der Waals surface area contributed by atoms with E-state index >= 15 is 0 Å². The zero-order chi connectivity index (χ0) is 21.7. The van der Waals surface area contributed by atoms with Crippen LogP contribution in [0.4, 0.5) is 4.79 Å². The van der Waals surface area contributed by atoms with Crippen molar-refractivity contribution in [3.63, 3.8) is 0 Å². The number of nitrogens with one attached hydrogen (secondary N) is 1. The van der Waals surface area contributed by atoms with Crippen LogP contribution in [0.1, 0.15) is 85.0 Å². The predicted octanol–water partition coefficient (Wildman–Crippen LogP) is 4.19. The standard InChI is InChI=1S/C24H40N4O2/c1-17(2)16-24(3)21(29)14-19(15-22(25)27-24)13-18-9-11-28(12-10-18)23(30)26-20-7-5-4-6-8-20/h15,17-18,20H,4-14,16H2,1-3H3,(H2,25,27)(H,26,30). The number of nitrogens with zero attached hydrogens (tertiary/aromatic N) is 2. The van der Waals surface area contributed by atoms with Crippen LogP contribution in [-0.4, -0.2) is 47.2 Å². The number of amides is 2. The fourth-order valence-corrected chi connectivity index (χ4v) is 5.35. The lowest BCUT2D eigenvalue weighted by Crippen LogP contribution is -2.48. The summed E-state index contributed by atoms with van der Waals surface area (Å²) in [6.45, 7) is 7.73. The van der Waals surface area contributed by atoms with Gasteiger partial charge in [-0.25, -0.2) is 4.79 Å². The number of rotatable bonds is 5. The molecule has 0 radical (unpaired) electrons. The Kier molecular flexibility index (Phi) is 7.59. The van der Waals surface area contributed by atoms with E-state index in [1.807, 2.05) is 17.9 Å². The summed E-state index contributed by atoms with van der Waals surface area (Å²) in [4.78, 5) is 32.1. The van der Waals surface area contributed by atoms with Gasteiger partial charge in [-0.3, -0.25) is 9.79 Å². The Morgan fingerprint density at radius 2 is 1.90 bits per heavy atom. The minimum Gasteiger partial charge on any atom is -0.384 e. The SMILES string of the molecule is CC(C)CC1(C)N=C(N)C=C(CC2CCN(C(=O)NC3CCCCC3)CC2)CC1=O. The quantitative estimate of drug-likeness (QED) is 0.704. The van der Waals surface area contributed by atoms with E-state index in [1.54, 1.807) is 0 Å². The summed E-state index contributed by atoms with van der Waals surface area (Å²) >= 11 is 0. The lowest BCUT2D eigenvalue weighted by Gasteiger charge is -2.34. The van der Waals surface area contributed by atoms with Gasteiger partial charge in [-0.1, -0.05) is 38.7 Å². The maximum absolute atomic E-state index is 12.9. The molecule has 168 valence electrons. The van der Waals surface area contributed by atoms with Crippen molar-refractivity contribution in [3.8, 4) is 0 Å². The van der Waals surface area contributed by atoms with Crippen LogP contribution in [-0.2, 0) is 4.79 Å². The molecule has 2 fully saturated rings. The van der Waals surface area contributed by atoms with Crippen molar-refractivity contribution < 1.29 is 9.59 Å². The molecule has 6 heteroatoms. The third kappa shape index (κ3) is 6.08. The summed E-state index contributed by atoms with van der Waals surface area (Å²) in [5.41, 5.74) is 6.54. The van der Waals surface area contributed by atoms with Gasteiger partial charge in [0.25, 0.3) is 0 Å². The fraction of sp³-hybridized carbons (Fsp3) is 0.792. The van der Waals surface area contributed by atoms with E-state index in [0.717, 1.165) is 57.2 Å². The largest absolute Gasteiger partial charge is 0.384 e. The van der Waals surface area contributed by atoms with E-state index < -0.39 is 5.54 Å². The highest BCUT2D eigenvalue weighted by Gasteiger charge is 2.36. The second-order valence-corrected chi connectivity index (χ2v) is 10.2. The highest BCUT2D eigenvalue weighted by molar-refractivity contribution is 6.00. The summed E-state index contributed by atoms with van der Waals surface area (Å²) in [6.07, 6.45) is 11.9. The van der Waals surface area contributed by atoms with E-state index in [-0.39, 0.29) is 11.8 Å². The number of ketones is 1. The first-order chi connectivity index (χ1) is 14.2. The number of nitrogens with two attached hydrogens (primary N) is 1. The molecule has 2 heterocycles. The maximum Gasteiger partial charge on any atom is 0.317 e. The number of Topliss-reactive ketones (excluding diaryl/α,β-unsaturated/α-hetero) is 1. The normalized spacial score (nSPS) is 26.9. The third-order valence-electron chi connectivity index (χ3n) is 6.91. The van der Waals surface area contributed by atoms with Crippen molar-refractivity contribution in [2.24, 2.45) is 22.6 Å². The van der Waals surface area contributed by atoms with Crippen molar-refractivity contribution >= 4 is 17.6 Å². The molecule has 3 rings (SSSR count). The summed E-state index contributed by atoms with van der Waals surface area (Å²) in [5, 5.41) is 3.23. The second kappa shape index (κ2) is 9.97. The number of carbonyl (C=O) groups excluding carboxylic acids is 2. The molecule has 2 amide bonds. The van der Waals surface area contributed by atoms with Gasteiger partial charge in [-0.15, -0.1) is 0 Å². The Morgan fingerprint density at radius 1 is 1.23 bits per heavy atom. The molecule has 1 unspecified atom stereocenters. The Bertz CT molecular complexity index is 685. The average molecular weight is 417 g/mol. The van der Waals surface area contributed by atoms with E-state index in [9.17, 15) is 9.59 Å². The first kappa shape index (κ1) is 22.8. The van der Waals surface area contributed by atoms with Crippen LogP contribution in [0.2, 0.25) is 0 Å². The van der Waals surface area contributed by atoms with Gasteiger partial charge in [-0.05, 0) is 63.4 Å². The topological polar surface area (TPSA) is 87.8 Å². The molecule has 0 bridgehead atoms. The van der Waals surface area contributed by atoms with Crippen LogP contribution in [0.15, 0.2) is 16.6 Å². The predicted molar refractivity (Wildman–Crippen MR) is 122 cm³/mol.